The lowest BCUT2D eigenvalue weighted by atomic mass is 10.3. The Morgan fingerprint density at radius 1 is 1.36 bits per heavy atom. The summed E-state index contributed by atoms with van der Waals surface area (Å²) in [5.41, 5.74) is 2.47. The molecule has 2 aromatic heterocycles. The molecule has 10 heteroatoms. The summed E-state index contributed by atoms with van der Waals surface area (Å²) < 4.78 is 35.8. The van der Waals surface area contributed by atoms with Crippen molar-refractivity contribution in [2.45, 2.75) is 24.5 Å². The standard InChI is InChI=1S/C15H17N5O4S/c1-19-13-3-2-12(7-14(13)24-15(19)21)25(22,23)17-8-10-6-11-9-16-4-5-20(11)18-10/h2-3,6-7,16-17H,4-5,8-9H2,1H3. The smallest absolute Gasteiger partial charge is 0.408 e. The Kier molecular flexibility index (Phi) is 3.74. The lowest BCUT2D eigenvalue weighted by Crippen LogP contribution is -2.28. The minimum absolute atomic E-state index is 0.0417. The zero-order valence-electron chi connectivity index (χ0n) is 13.5. The molecule has 132 valence electrons. The molecule has 0 saturated heterocycles. The SMILES string of the molecule is Cn1c(=O)oc2cc(S(=O)(=O)NCc3cc4n(n3)CCNC4)ccc21. The van der Waals surface area contributed by atoms with Crippen molar-refractivity contribution in [1.82, 2.24) is 24.4 Å². The molecule has 0 atom stereocenters. The Balaban J connectivity index is 1.57. The Labute approximate surface area is 143 Å². The monoisotopic (exact) mass is 363 g/mol. The molecule has 0 amide bonds. The zero-order valence-corrected chi connectivity index (χ0v) is 14.3. The van der Waals surface area contributed by atoms with Gasteiger partial charge in [-0.3, -0.25) is 9.25 Å². The third kappa shape index (κ3) is 2.88. The summed E-state index contributed by atoms with van der Waals surface area (Å²) in [4.78, 5) is 11.6. The van der Waals surface area contributed by atoms with Gasteiger partial charge in [-0.25, -0.2) is 17.9 Å². The number of sulfonamides is 1. The van der Waals surface area contributed by atoms with Crippen LogP contribution in [-0.2, 0) is 36.7 Å². The second-order valence-corrected chi connectivity index (χ2v) is 7.67. The molecule has 4 rings (SSSR count). The second-order valence-electron chi connectivity index (χ2n) is 5.91. The van der Waals surface area contributed by atoms with Gasteiger partial charge >= 0.3 is 5.76 Å². The van der Waals surface area contributed by atoms with Crippen molar-refractivity contribution >= 4 is 21.1 Å². The summed E-state index contributed by atoms with van der Waals surface area (Å²) in [7, 11) is -2.18. The molecule has 0 unspecified atom stereocenters. The maximum absolute atomic E-state index is 12.5. The van der Waals surface area contributed by atoms with Crippen LogP contribution in [0.2, 0.25) is 0 Å². The topological polar surface area (TPSA) is 111 Å². The number of hydrogen-bond donors (Lipinski definition) is 2. The minimum Gasteiger partial charge on any atom is -0.408 e. The first-order valence-electron chi connectivity index (χ1n) is 7.79. The van der Waals surface area contributed by atoms with E-state index in [1.165, 1.54) is 16.7 Å². The van der Waals surface area contributed by atoms with Crippen LogP contribution < -0.4 is 15.8 Å². The summed E-state index contributed by atoms with van der Waals surface area (Å²) in [6.45, 7) is 2.44. The van der Waals surface area contributed by atoms with E-state index in [-0.39, 0.29) is 17.0 Å². The molecule has 1 aliphatic rings. The molecule has 0 fully saturated rings. The van der Waals surface area contributed by atoms with Crippen LogP contribution in [0.25, 0.3) is 11.1 Å². The van der Waals surface area contributed by atoms with E-state index in [4.69, 9.17) is 4.42 Å². The first-order chi connectivity index (χ1) is 11.9. The molecule has 0 radical (unpaired) electrons. The highest BCUT2D eigenvalue weighted by Gasteiger charge is 2.18. The van der Waals surface area contributed by atoms with Crippen LogP contribution >= 0.6 is 0 Å². The second kappa shape index (κ2) is 5.83. The van der Waals surface area contributed by atoms with E-state index in [9.17, 15) is 13.2 Å². The number of fused-ring (bicyclic) bond motifs is 2. The quantitative estimate of drug-likeness (QED) is 0.670. The van der Waals surface area contributed by atoms with Gasteiger partial charge in [0.1, 0.15) is 0 Å². The van der Waals surface area contributed by atoms with Crippen LogP contribution in [0.1, 0.15) is 11.4 Å². The van der Waals surface area contributed by atoms with E-state index in [0.717, 1.165) is 25.3 Å². The predicted molar refractivity (Wildman–Crippen MR) is 89.4 cm³/mol. The van der Waals surface area contributed by atoms with Gasteiger partial charge in [-0.1, -0.05) is 0 Å². The van der Waals surface area contributed by atoms with Gasteiger partial charge < -0.3 is 9.73 Å². The third-order valence-electron chi connectivity index (χ3n) is 4.24. The maximum atomic E-state index is 12.5. The molecule has 2 N–H and O–H groups in total. The molecule has 25 heavy (non-hydrogen) atoms. The molecule has 3 aromatic rings. The molecule has 1 aromatic carbocycles. The number of hydrogen-bond acceptors (Lipinski definition) is 6. The zero-order chi connectivity index (χ0) is 17.6. The van der Waals surface area contributed by atoms with E-state index in [1.54, 1.807) is 13.1 Å². The van der Waals surface area contributed by atoms with Crippen molar-refractivity contribution in [2.24, 2.45) is 7.05 Å². The summed E-state index contributed by atoms with van der Waals surface area (Å²) in [5, 5.41) is 7.64. The normalized spacial score (nSPS) is 14.8. The van der Waals surface area contributed by atoms with Gasteiger partial charge in [0, 0.05) is 26.2 Å². The average molecular weight is 363 g/mol. The fourth-order valence-corrected chi connectivity index (χ4v) is 3.89. The van der Waals surface area contributed by atoms with Gasteiger partial charge in [-0.05, 0) is 18.2 Å². The summed E-state index contributed by atoms with van der Waals surface area (Å²) in [6, 6.07) is 6.23. The Morgan fingerprint density at radius 2 is 2.20 bits per heavy atom. The van der Waals surface area contributed by atoms with E-state index < -0.39 is 15.8 Å². The molecule has 0 spiro atoms. The molecular formula is C15H17N5O4S. The number of aromatic nitrogens is 3. The Morgan fingerprint density at radius 3 is 3.00 bits per heavy atom. The number of rotatable bonds is 4. The van der Waals surface area contributed by atoms with Gasteiger partial charge in [0.05, 0.1) is 34.9 Å². The number of nitrogens with one attached hydrogen (secondary N) is 2. The van der Waals surface area contributed by atoms with Gasteiger partial charge in [0.15, 0.2) is 5.58 Å². The molecule has 0 bridgehead atoms. The van der Waals surface area contributed by atoms with E-state index in [1.807, 2.05) is 10.7 Å². The van der Waals surface area contributed by atoms with Crippen molar-refractivity contribution in [3.05, 3.63) is 46.2 Å². The van der Waals surface area contributed by atoms with Crippen molar-refractivity contribution in [2.75, 3.05) is 6.54 Å². The van der Waals surface area contributed by atoms with E-state index in [0.29, 0.717) is 11.2 Å². The van der Waals surface area contributed by atoms with Crippen LogP contribution in [0, 0.1) is 0 Å². The molecule has 3 heterocycles. The van der Waals surface area contributed by atoms with Crippen LogP contribution in [0.15, 0.2) is 38.4 Å². The minimum atomic E-state index is -3.74. The highest BCUT2D eigenvalue weighted by atomic mass is 32.2. The first-order valence-corrected chi connectivity index (χ1v) is 9.28. The Bertz CT molecular complexity index is 1090. The summed E-state index contributed by atoms with van der Waals surface area (Å²) in [5.74, 6) is -0.533. The van der Waals surface area contributed by atoms with Gasteiger partial charge in [0.2, 0.25) is 10.0 Å². The third-order valence-corrected chi connectivity index (χ3v) is 5.64. The molecule has 0 aliphatic carbocycles. The number of nitrogens with zero attached hydrogens (tertiary/aromatic N) is 3. The first kappa shape index (κ1) is 16.1. The number of oxazole rings is 1. The van der Waals surface area contributed by atoms with Crippen LogP contribution in [0.3, 0.4) is 0 Å². The lowest BCUT2D eigenvalue weighted by molar-refractivity contribution is 0.473. The highest BCUT2D eigenvalue weighted by molar-refractivity contribution is 7.89. The largest absolute Gasteiger partial charge is 0.419 e. The van der Waals surface area contributed by atoms with Crippen LogP contribution in [-0.4, -0.2) is 29.3 Å². The van der Waals surface area contributed by atoms with Gasteiger partial charge in [0.25, 0.3) is 0 Å². The molecule has 0 saturated carbocycles. The van der Waals surface area contributed by atoms with E-state index in [2.05, 4.69) is 15.1 Å². The van der Waals surface area contributed by atoms with Crippen molar-refractivity contribution < 1.29 is 12.8 Å². The fourth-order valence-electron chi connectivity index (χ4n) is 2.87. The number of aryl methyl sites for hydroxylation is 1. The van der Waals surface area contributed by atoms with Crippen molar-refractivity contribution in [3.63, 3.8) is 0 Å². The van der Waals surface area contributed by atoms with Crippen molar-refractivity contribution in [1.29, 1.82) is 0 Å². The summed E-state index contributed by atoms with van der Waals surface area (Å²) >= 11 is 0. The predicted octanol–water partition coefficient (Wildman–Crippen LogP) is -0.0903. The molecular weight excluding hydrogens is 346 g/mol. The summed E-state index contributed by atoms with van der Waals surface area (Å²) in [6.07, 6.45) is 0. The Hall–Kier alpha value is -2.43. The van der Waals surface area contributed by atoms with Crippen LogP contribution in [0.4, 0.5) is 0 Å². The lowest BCUT2D eigenvalue weighted by Gasteiger charge is -2.13. The highest BCUT2D eigenvalue weighted by Crippen LogP contribution is 2.18. The maximum Gasteiger partial charge on any atom is 0.419 e. The molecule has 9 nitrogen and oxygen atoms in total. The fraction of sp³-hybridized carbons (Fsp3) is 0.333. The average Bonchev–Trinajstić information content (AvgIpc) is 3.14. The van der Waals surface area contributed by atoms with Gasteiger partial charge in [-0.2, -0.15) is 5.10 Å². The van der Waals surface area contributed by atoms with Crippen molar-refractivity contribution in [3.8, 4) is 0 Å². The molecule has 1 aliphatic heterocycles. The van der Waals surface area contributed by atoms with E-state index >= 15 is 0 Å². The van der Waals surface area contributed by atoms with Gasteiger partial charge in [-0.15, -0.1) is 0 Å². The van der Waals surface area contributed by atoms with Crippen LogP contribution in [0.5, 0.6) is 0 Å². The number of benzene rings is 1.